The third kappa shape index (κ3) is 4.25. The van der Waals surface area contributed by atoms with Crippen molar-refractivity contribution in [1.82, 2.24) is 30.0 Å². The van der Waals surface area contributed by atoms with Gasteiger partial charge in [0.15, 0.2) is 0 Å². The molecule has 33 heavy (non-hydrogen) atoms. The molecular formula is C25H32N6O2. The molecule has 2 fully saturated rings. The first kappa shape index (κ1) is 22.0. The monoisotopic (exact) mass is 448 g/mol. The number of carbonyl (C=O) groups is 1. The highest BCUT2D eigenvalue weighted by Gasteiger charge is 2.46. The molecule has 0 radical (unpaired) electrons. The lowest BCUT2D eigenvalue weighted by atomic mass is 9.71. The van der Waals surface area contributed by atoms with E-state index < -0.39 is 6.10 Å². The van der Waals surface area contributed by atoms with Crippen molar-refractivity contribution in [3.8, 4) is 5.69 Å². The Morgan fingerprint density at radius 1 is 1.18 bits per heavy atom. The molecule has 1 spiro atoms. The average molecular weight is 449 g/mol. The number of benzene rings is 1. The highest BCUT2D eigenvalue weighted by molar-refractivity contribution is 5.85. The van der Waals surface area contributed by atoms with Crippen LogP contribution in [0.5, 0.6) is 0 Å². The van der Waals surface area contributed by atoms with E-state index in [-0.39, 0.29) is 5.41 Å². The van der Waals surface area contributed by atoms with Crippen molar-refractivity contribution in [3.05, 3.63) is 59.6 Å². The Morgan fingerprint density at radius 2 is 2.00 bits per heavy atom. The van der Waals surface area contributed by atoms with Gasteiger partial charge in [-0.15, -0.1) is 5.10 Å². The minimum Gasteiger partial charge on any atom is -0.387 e. The molecule has 1 unspecified atom stereocenters. The van der Waals surface area contributed by atoms with Crippen molar-refractivity contribution in [2.75, 3.05) is 26.2 Å². The molecule has 174 valence electrons. The minimum atomic E-state index is -0.574. The molecule has 3 aliphatic rings. The van der Waals surface area contributed by atoms with Gasteiger partial charge in [0.1, 0.15) is 6.33 Å². The van der Waals surface area contributed by atoms with Gasteiger partial charge in [0.25, 0.3) is 0 Å². The van der Waals surface area contributed by atoms with Crippen LogP contribution in [-0.2, 0) is 4.79 Å². The second-order valence-corrected chi connectivity index (χ2v) is 9.75. The number of piperidine rings is 2. The lowest BCUT2D eigenvalue weighted by molar-refractivity contribution is -0.147. The van der Waals surface area contributed by atoms with E-state index in [2.05, 4.69) is 33.1 Å². The highest BCUT2D eigenvalue weighted by atomic mass is 16.3. The molecule has 2 aromatic rings. The van der Waals surface area contributed by atoms with Crippen molar-refractivity contribution >= 4 is 5.91 Å². The van der Waals surface area contributed by atoms with Crippen LogP contribution < -0.4 is 0 Å². The Hall–Kier alpha value is -2.84. The van der Waals surface area contributed by atoms with Crippen molar-refractivity contribution in [3.63, 3.8) is 0 Å². The van der Waals surface area contributed by atoms with Gasteiger partial charge in [0.2, 0.25) is 5.91 Å². The van der Waals surface area contributed by atoms with Crippen LogP contribution in [0.3, 0.4) is 0 Å². The van der Waals surface area contributed by atoms with Crippen LogP contribution in [0.4, 0.5) is 0 Å². The predicted molar refractivity (Wildman–Crippen MR) is 124 cm³/mol. The van der Waals surface area contributed by atoms with E-state index in [0.29, 0.717) is 12.5 Å². The fourth-order valence-electron chi connectivity index (χ4n) is 5.65. The van der Waals surface area contributed by atoms with Gasteiger partial charge in [-0.1, -0.05) is 18.2 Å². The highest BCUT2D eigenvalue weighted by Crippen LogP contribution is 2.43. The normalized spacial score (nSPS) is 22.1. The summed E-state index contributed by atoms with van der Waals surface area (Å²) >= 11 is 0. The number of aliphatic hydroxyl groups excluding tert-OH is 1. The van der Waals surface area contributed by atoms with Gasteiger partial charge >= 0.3 is 0 Å². The molecule has 0 bridgehead atoms. The zero-order valence-electron chi connectivity index (χ0n) is 19.3. The van der Waals surface area contributed by atoms with Crippen LogP contribution >= 0.6 is 0 Å². The maximum Gasteiger partial charge on any atom is 0.233 e. The van der Waals surface area contributed by atoms with Crippen molar-refractivity contribution in [2.45, 2.75) is 51.6 Å². The molecule has 1 atom stereocenters. The van der Waals surface area contributed by atoms with Gasteiger partial charge in [-0.3, -0.25) is 4.79 Å². The second-order valence-electron chi connectivity index (χ2n) is 9.75. The summed E-state index contributed by atoms with van der Waals surface area (Å²) in [4.78, 5) is 17.8. The summed E-state index contributed by atoms with van der Waals surface area (Å²) in [7, 11) is 0. The van der Waals surface area contributed by atoms with Crippen molar-refractivity contribution < 1.29 is 9.90 Å². The number of aliphatic hydroxyl groups is 1. The Balaban J connectivity index is 1.21. The Labute approximate surface area is 194 Å². The smallest absolute Gasteiger partial charge is 0.233 e. The first-order valence-electron chi connectivity index (χ1n) is 11.9. The molecule has 1 N–H and O–H groups in total. The predicted octanol–water partition coefficient (Wildman–Crippen LogP) is 2.94. The van der Waals surface area contributed by atoms with E-state index in [1.165, 1.54) is 0 Å². The van der Waals surface area contributed by atoms with Gasteiger partial charge in [0.05, 0.1) is 17.2 Å². The van der Waals surface area contributed by atoms with Gasteiger partial charge in [-0.05, 0) is 98.3 Å². The number of rotatable bonds is 5. The number of β-amino-alcohol motifs (C(OH)–C–C–N with tert-alkyl or cyclic N) is 1. The zero-order chi connectivity index (χ0) is 23.0. The molecule has 1 aromatic carbocycles. The van der Waals surface area contributed by atoms with E-state index in [1.54, 1.807) is 11.0 Å². The first-order valence-corrected chi connectivity index (χ1v) is 11.9. The summed E-state index contributed by atoms with van der Waals surface area (Å²) in [6.07, 6.45) is 8.75. The third-order valence-corrected chi connectivity index (χ3v) is 7.63. The summed E-state index contributed by atoms with van der Waals surface area (Å²) in [6.45, 7) is 9.14. The number of aromatic nitrogens is 4. The number of tetrazole rings is 1. The number of hydrogen-bond acceptors (Lipinski definition) is 6. The molecule has 0 saturated carbocycles. The third-order valence-electron chi connectivity index (χ3n) is 7.63. The molecule has 1 aliphatic carbocycles. The molecule has 2 saturated heterocycles. The lowest BCUT2D eigenvalue weighted by Crippen LogP contribution is -2.53. The number of hydrogen-bond donors (Lipinski definition) is 1. The van der Waals surface area contributed by atoms with E-state index in [4.69, 9.17) is 0 Å². The molecule has 3 heterocycles. The van der Waals surface area contributed by atoms with E-state index in [1.807, 2.05) is 30.0 Å². The average Bonchev–Trinajstić information content (AvgIpc) is 3.49. The van der Waals surface area contributed by atoms with Crippen LogP contribution in [0.2, 0.25) is 0 Å². The fourth-order valence-corrected chi connectivity index (χ4v) is 5.65. The fraction of sp³-hybridized carbons (Fsp3) is 0.520. The number of allylic oxidation sites excluding steroid dienone is 3. The lowest BCUT2D eigenvalue weighted by Gasteiger charge is -2.47. The number of likely N-dealkylation sites (tertiary alicyclic amines) is 2. The molecule has 1 amide bonds. The molecule has 5 rings (SSSR count). The maximum absolute atomic E-state index is 13.5. The van der Waals surface area contributed by atoms with Crippen LogP contribution in [0.25, 0.3) is 5.69 Å². The summed E-state index contributed by atoms with van der Waals surface area (Å²) in [5.74, 6) is 0.309. The number of nitrogens with zero attached hydrogens (tertiary/aromatic N) is 6. The summed E-state index contributed by atoms with van der Waals surface area (Å²) in [5.41, 5.74) is 4.84. The summed E-state index contributed by atoms with van der Waals surface area (Å²) < 4.78 is 1.61. The Bertz CT molecular complexity index is 1070. The SMILES string of the molecule is C=C1C=C(N2CCCC3(CCN(CC(O)c4ccc(-n5cnnn5)cc4C)CC3)C2=O)CC1. The van der Waals surface area contributed by atoms with Gasteiger partial charge in [-0.25, -0.2) is 4.68 Å². The second kappa shape index (κ2) is 8.83. The number of amides is 1. The quantitative estimate of drug-likeness (QED) is 0.757. The van der Waals surface area contributed by atoms with Crippen LogP contribution in [0, 0.1) is 12.3 Å². The summed E-state index contributed by atoms with van der Waals surface area (Å²) in [5, 5.41) is 22.2. The molecule has 8 heteroatoms. The zero-order valence-corrected chi connectivity index (χ0v) is 19.3. The van der Waals surface area contributed by atoms with Gasteiger partial charge in [-0.2, -0.15) is 0 Å². The topological polar surface area (TPSA) is 87.4 Å². The molecule has 1 aromatic heterocycles. The maximum atomic E-state index is 13.5. The van der Waals surface area contributed by atoms with Crippen molar-refractivity contribution in [2.24, 2.45) is 5.41 Å². The van der Waals surface area contributed by atoms with Crippen molar-refractivity contribution in [1.29, 1.82) is 0 Å². The summed E-state index contributed by atoms with van der Waals surface area (Å²) in [6, 6.07) is 5.87. The van der Waals surface area contributed by atoms with Crippen LogP contribution in [0.15, 0.2) is 48.5 Å². The number of aryl methyl sites for hydroxylation is 1. The Morgan fingerprint density at radius 3 is 2.67 bits per heavy atom. The largest absolute Gasteiger partial charge is 0.387 e. The van der Waals surface area contributed by atoms with Crippen LogP contribution in [-0.4, -0.2) is 67.2 Å². The molecule has 8 nitrogen and oxygen atoms in total. The van der Waals surface area contributed by atoms with E-state index >= 15 is 0 Å². The van der Waals surface area contributed by atoms with E-state index in [9.17, 15) is 9.90 Å². The molecule has 2 aliphatic heterocycles. The number of carbonyl (C=O) groups excluding carboxylic acids is 1. The van der Waals surface area contributed by atoms with E-state index in [0.717, 1.165) is 86.2 Å². The molecular weight excluding hydrogens is 416 g/mol. The first-order chi connectivity index (χ1) is 15.9. The van der Waals surface area contributed by atoms with Gasteiger partial charge in [0, 0.05) is 18.8 Å². The van der Waals surface area contributed by atoms with Gasteiger partial charge < -0.3 is 14.9 Å². The Kier molecular flexibility index (Phi) is 5.88. The standard InChI is InChI=1S/C25H32N6O2/c1-18-4-5-20(14-18)30-11-3-8-25(24(30)33)9-12-29(13-10-25)16-23(32)22-7-6-21(15-19(22)2)31-17-26-27-28-31/h6-7,14-15,17,23,32H,1,3-5,8-13,16H2,2H3. The van der Waals surface area contributed by atoms with Crippen LogP contribution in [0.1, 0.15) is 55.8 Å². The minimum absolute atomic E-state index is 0.242.